The van der Waals surface area contributed by atoms with Crippen LogP contribution in [0.1, 0.15) is 11.5 Å². The molecule has 0 N–H and O–H groups in total. The zero-order valence-electron chi connectivity index (χ0n) is 18.5. The van der Waals surface area contributed by atoms with Gasteiger partial charge in [-0.3, -0.25) is 4.98 Å². The Morgan fingerprint density at radius 1 is 0.824 bits per heavy atom. The molecular weight excluding hydrogens is 424 g/mol. The molecule has 6 rings (SSSR count). The maximum atomic E-state index is 6.02. The molecule has 0 atom stereocenters. The SMILES string of the molecule is Cc1nc2ncc(-c3ccncc3)c(-c3ccc(OCc4ccc5ccccc5n4)cc3)n2n1. The van der Waals surface area contributed by atoms with E-state index < -0.39 is 0 Å². The van der Waals surface area contributed by atoms with E-state index in [9.17, 15) is 0 Å². The minimum absolute atomic E-state index is 0.397. The monoisotopic (exact) mass is 444 g/mol. The van der Waals surface area contributed by atoms with E-state index in [4.69, 9.17) is 4.74 Å². The maximum Gasteiger partial charge on any atom is 0.252 e. The zero-order chi connectivity index (χ0) is 22.9. The summed E-state index contributed by atoms with van der Waals surface area (Å²) in [7, 11) is 0. The molecule has 2 aromatic carbocycles. The van der Waals surface area contributed by atoms with Gasteiger partial charge in [-0.2, -0.15) is 9.50 Å². The molecule has 164 valence electrons. The largest absolute Gasteiger partial charge is 0.487 e. The lowest BCUT2D eigenvalue weighted by atomic mass is 10.0. The summed E-state index contributed by atoms with van der Waals surface area (Å²) < 4.78 is 7.81. The molecule has 0 amide bonds. The van der Waals surface area contributed by atoms with E-state index in [1.807, 2.05) is 73.8 Å². The molecule has 0 saturated carbocycles. The van der Waals surface area contributed by atoms with Crippen LogP contribution in [0.3, 0.4) is 0 Å². The Morgan fingerprint density at radius 2 is 1.65 bits per heavy atom. The van der Waals surface area contributed by atoms with E-state index in [-0.39, 0.29) is 0 Å². The summed E-state index contributed by atoms with van der Waals surface area (Å²) in [6.45, 7) is 2.26. The minimum atomic E-state index is 0.397. The quantitative estimate of drug-likeness (QED) is 0.360. The molecular formula is C27H20N6O. The smallest absolute Gasteiger partial charge is 0.252 e. The second-order valence-electron chi connectivity index (χ2n) is 7.94. The fourth-order valence-corrected chi connectivity index (χ4v) is 4.01. The number of pyridine rings is 2. The van der Waals surface area contributed by atoms with Crippen LogP contribution in [-0.2, 0) is 6.61 Å². The van der Waals surface area contributed by atoms with Crippen LogP contribution in [0.5, 0.6) is 5.75 Å². The van der Waals surface area contributed by atoms with Gasteiger partial charge in [-0.05, 0) is 61.0 Å². The van der Waals surface area contributed by atoms with E-state index in [0.29, 0.717) is 18.2 Å². The Kier molecular flexibility index (Phi) is 4.92. The van der Waals surface area contributed by atoms with E-state index in [2.05, 4.69) is 37.2 Å². The molecule has 34 heavy (non-hydrogen) atoms. The average molecular weight is 444 g/mol. The number of benzene rings is 2. The highest BCUT2D eigenvalue weighted by atomic mass is 16.5. The summed E-state index contributed by atoms with van der Waals surface area (Å²) in [4.78, 5) is 17.8. The molecule has 0 aliphatic heterocycles. The molecule has 4 heterocycles. The fourth-order valence-electron chi connectivity index (χ4n) is 4.01. The number of aryl methyl sites for hydroxylation is 1. The molecule has 0 aliphatic rings. The van der Waals surface area contributed by atoms with Crippen LogP contribution in [0.15, 0.2) is 91.4 Å². The van der Waals surface area contributed by atoms with Crippen molar-refractivity contribution in [3.63, 3.8) is 0 Å². The van der Waals surface area contributed by atoms with Gasteiger partial charge in [-0.25, -0.2) is 9.97 Å². The van der Waals surface area contributed by atoms with Crippen LogP contribution in [-0.4, -0.2) is 29.5 Å². The standard InChI is InChI=1S/C27H20N6O/c1-18-30-27-29-16-24(19-12-14-28-15-13-19)26(33(27)32-18)21-7-10-23(11-8-21)34-17-22-9-6-20-4-2-3-5-25(20)31-22/h2-16H,17H2,1H3. The van der Waals surface area contributed by atoms with E-state index in [1.54, 1.807) is 16.9 Å². The molecule has 0 aliphatic carbocycles. The summed E-state index contributed by atoms with van der Waals surface area (Å²) in [6.07, 6.45) is 5.38. The summed E-state index contributed by atoms with van der Waals surface area (Å²) in [5, 5.41) is 5.71. The first-order valence-electron chi connectivity index (χ1n) is 11.0. The second-order valence-corrected chi connectivity index (χ2v) is 7.94. The van der Waals surface area contributed by atoms with Gasteiger partial charge in [0.05, 0.1) is 16.9 Å². The molecule has 6 aromatic rings. The maximum absolute atomic E-state index is 6.02. The van der Waals surface area contributed by atoms with Gasteiger partial charge in [0.2, 0.25) is 0 Å². The third kappa shape index (κ3) is 3.73. The number of nitrogens with zero attached hydrogens (tertiary/aromatic N) is 6. The van der Waals surface area contributed by atoms with Gasteiger partial charge in [0, 0.05) is 35.1 Å². The number of hydrogen-bond acceptors (Lipinski definition) is 6. The number of aromatic nitrogens is 6. The first-order valence-corrected chi connectivity index (χ1v) is 11.0. The topological polar surface area (TPSA) is 78.1 Å². The van der Waals surface area contributed by atoms with Crippen molar-refractivity contribution in [2.45, 2.75) is 13.5 Å². The normalized spacial score (nSPS) is 11.2. The van der Waals surface area contributed by atoms with Crippen molar-refractivity contribution in [3.8, 4) is 28.1 Å². The van der Waals surface area contributed by atoms with Crippen molar-refractivity contribution in [2.24, 2.45) is 0 Å². The number of ether oxygens (including phenoxy) is 1. The molecule has 0 fully saturated rings. The predicted octanol–water partition coefficient (Wildman–Crippen LogP) is 5.29. The van der Waals surface area contributed by atoms with Crippen LogP contribution in [0.25, 0.3) is 39.1 Å². The van der Waals surface area contributed by atoms with Crippen molar-refractivity contribution in [1.29, 1.82) is 0 Å². The van der Waals surface area contributed by atoms with Gasteiger partial charge in [0.1, 0.15) is 18.2 Å². The molecule has 0 spiro atoms. The molecule has 0 bridgehead atoms. The van der Waals surface area contributed by atoms with E-state index in [1.165, 1.54) is 0 Å². The molecule has 4 aromatic heterocycles. The third-order valence-corrected chi connectivity index (χ3v) is 5.63. The lowest BCUT2D eigenvalue weighted by molar-refractivity contribution is 0.302. The number of para-hydroxylation sites is 1. The van der Waals surface area contributed by atoms with Crippen LogP contribution in [0, 0.1) is 6.92 Å². The molecule has 0 unspecified atom stereocenters. The first-order chi connectivity index (χ1) is 16.7. The van der Waals surface area contributed by atoms with Crippen molar-refractivity contribution in [1.82, 2.24) is 29.5 Å². The van der Waals surface area contributed by atoms with Gasteiger partial charge < -0.3 is 4.74 Å². The van der Waals surface area contributed by atoms with Gasteiger partial charge >= 0.3 is 0 Å². The van der Waals surface area contributed by atoms with Crippen molar-refractivity contribution in [2.75, 3.05) is 0 Å². The lowest BCUT2D eigenvalue weighted by Crippen LogP contribution is -2.01. The summed E-state index contributed by atoms with van der Waals surface area (Å²) in [5.74, 6) is 2.00. The van der Waals surface area contributed by atoms with Crippen LogP contribution in [0.4, 0.5) is 0 Å². The number of rotatable bonds is 5. The fraction of sp³-hybridized carbons (Fsp3) is 0.0741. The Balaban J connectivity index is 1.32. The molecule has 7 heteroatoms. The van der Waals surface area contributed by atoms with Crippen molar-refractivity contribution in [3.05, 3.63) is 103 Å². The van der Waals surface area contributed by atoms with Gasteiger partial charge in [0.25, 0.3) is 5.78 Å². The lowest BCUT2D eigenvalue weighted by Gasteiger charge is -2.12. The van der Waals surface area contributed by atoms with Crippen LogP contribution < -0.4 is 4.74 Å². The highest BCUT2D eigenvalue weighted by Gasteiger charge is 2.15. The van der Waals surface area contributed by atoms with Crippen LogP contribution in [0.2, 0.25) is 0 Å². The Morgan fingerprint density at radius 3 is 2.50 bits per heavy atom. The van der Waals surface area contributed by atoms with E-state index in [0.717, 1.165) is 44.7 Å². The number of fused-ring (bicyclic) bond motifs is 2. The average Bonchev–Trinajstić information content (AvgIpc) is 3.28. The summed E-state index contributed by atoms with van der Waals surface area (Å²) in [6, 6.07) is 24.0. The van der Waals surface area contributed by atoms with Crippen molar-refractivity contribution < 1.29 is 4.74 Å². The first kappa shape index (κ1) is 20.0. The highest BCUT2D eigenvalue weighted by Crippen LogP contribution is 2.32. The highest BCUT2D eigenvalue weighted by molar-refractivity contribution is 5.81. The Labute approximate surface area is 195 Å². The number of hydrogen-bond donors (Lipinski definition) is 0. The molecule has 0 radical (unpaired) electrons. The van der Waals surface area contributed by atoms with Gasteiger partial charge in [-0.15, -0.1) is 5.10 Å². The summed E-state index contributed by atoms with van der Waals surface area (Å²) in [5.41, 5.74) is 5.72. The predicted molar refractivity (Wildman–Crippen MR) is 130 cm³/mol. The Bertz CT molecular complexity index is 1610. The van der Waals surface area contributed by atoms with Gasteiger partial charge in [0.15, 0.2) is 0 Å². The van der Waals surface area contributed by atoms with Crippen LogP contribution >= 0.6 is 0 Å². The minimum Gasteiger partial charge on any atom is -0.487 e. The third-order valence-electron chi connectivity index (χ3n) is 5.63. The summed E-state index contributed by atoms with van der Waals surface area (Å²) >= 11 is 0. The Hall–Kier alpha value is -4.65. The second kappa shape index (κ2) is 8.37. The van der Waals surface area contributed by atoms with Crippen molar-refractivity contribution >= 4 is 16.7 Å². The zero-order valence-corrected chi connectivity index (χ0v) is 18.5. The molecule has 0 saturated heterocycles. The molecule has 7 nitrogen and oxygen atoms in total. The van der Waals surface area contributed by atoms with E-state index >= 15 is 0 Å². The van der Waals surface area contributed by atoms with Gasteiger partial charge in [-0.1, -0.05) is 24.3 Å².